The molecule has 0 rings (SSSR count). The van der Waals surface area contributed by atoms with Crippen molar-refractivity contribution in [1.29, 1.82) is 0 Å². The molecule has 15 nitrogen and oxygen atoms in total. The van der Waals surface area contributed by atoms with Crippen molar-refractivity contribution in [3.8, 4) is 0 Å². The third-order valence-corrected chi connectivity index (χ3v) is 3.88. The van der Waals surface area contributed by atoms with E-state index in [-0.39, 0.29) is 6.42 Å². The molecule has 31 heavy (non-hydrogen) atoms. The zero-order chi connectivity index (χ0) is 24.3. The van der Waals surface area contributed by atoms with Crippen LogP contribution in [0.1, 0.15) is 26.2 Å². The molecule has 0 fully saturated rings. The lowest BCUT2D eigenvalue weighted by Gasteiger charge is -2.25. The molecule has 176 valence electrons. The van der Waals surface area contributed by atoms with Crippen LogP contribution in [0.3, 0.4) is 0 Å². The van der Waals surface area contributed by atoms with Gasteiger partial charge < -0.3 is 47.2 Å². The van der Waals surface area contributed by atoms with Gasteiger partial charge in [0.1, 0.15) is 18.1 Å². The Hall–Kier alpha value is -3.30. The van der Waals surface area contributed by atoms with Gasteiger partial charge in [-0.15, -0.1) is 0 Å². The second-order valence-electron chi connectivity index (χ2n) is 6.51. The van der Waals surface area contributed by atoms with E-state index in [0.717, 1.165) is 6.92 Å². The summed E-state index contributed by atoms with van der Waals surface area (Å²) >= 11 is 0. The minimum atomic E-state index is -1.75. The van der Waals surface area contributed by atoms with Crippen molar-refractivity contribution in [2.24, 2.45) is 5.73 Å². The second kappa shape index (κ2) is 13.1. The van der Waals surface area contributed by atoms with Gasteiger partial charge in [-0.2, -0.15) is 0 Å². The number of carbonyl (C=O) groups is 6. The normalized spacial score (nSPS) is 15.5. The molecule has 0 aliphatic rings. The molecule has 10 N–H and O–H groups in total. The van der Waals surface area contributed by atoms with Crippen molar-refractivity contribution in [2.45, 2.75) is 56.5 Å². The maximum absolute atomic E-state index is 12.4. The quantitative estimate of drug-likeness (QED) is 0.121. The van der Waals surface area contributed by atoms with Gasteiger partial charge in [-0.3, -0.25) is 24.0 Å². The molecule has 0 bridgehead atoms. The first-order valence-corrected chi connectivity index (χ1v) is 8.92. The molecule has 0 aromatic heterocycles. The third kappa shape index (κ3) is 10.3. The average Bonchev–Trinajstić information content (AvgIpc) is 2.66. The molecule has 3 amide bonds. The molecule has 0 saturated carbocycles. The Balaban J connectivity index is 5.33. The third-order valence-electron chi connectivity index (χ3n) is 3.88. The number of aliphatic hydroxyl groups excluding tert-OH is 2. The number of aliphatic hydroxyl groups is 2. The minimum Gasteiger partial charge on any atom is -0.481 e. The van der Waals surface area contributed by atoms with E-state index in [1.807, 2.05) is 16.0 Å². The maximum Gasteiger partial charge on any atom is 0.328 e. The first-order valence-electron chi connectivity index (χ1n) is 8.92. The van der Waals surface area contributed by atoms with Crippen LogP contribution in [0.2, 0.25) is 0 Å². The molecule has 0 aliphatic heterocycles. The molecule has 0 aromatic carbocycles. The number of carboxylic acid groups (broad SMARTS) is 3. The van der Waals surface area contributed by atoms with Crippen molar-refractivity contribution in [1.82, 2.24) is 16.0 Å². The second-order valence-corrected chi connectivity index (χ2v) is 6.51. The minimum absolute atomic E-state index is 0.293. The number of nitrogens with two attached hydrogens (primary N) is 1. The van der Waals surface area contributed by atoms with E-state index in [2.05, 4.69) is 0 Å². The number of carboxylic acids is 3. The molecule has 0 aliphatic carbocycles. The Morgan fingerprint density at radius 3 is 1.81 bits per heavy atom. The number of nitrogens with one attached hydrogen (secondary N) is 3. The van der Waals surface area contributed by atoms with Crippen molar-refractivity contribution >= 4 is 35.6 Å². The van der Waals surface area contributed by atoms with Gasteiger partial charge in [-0.25, -0.2) is 4.79 Å². The fourth-order valence-corrected chi connectivity index (χ4v) is 2.18. The lowest BCUT2D eigenvalue weighted by atomic mass is 10.1. The summed E-state index contributed by atoms with van der Waals surface area (Å²) in [7, 11) is 0. The van der Waals surface area contributed by atoms with Gasteiger partial charge in [0.05, 0.1) is 25.2 Å². The Morgan fingerprint density at radius 2 is 1.39 bits per heavy atom. The number of aliphatic carboxylic acids is 3. The largest absolute Gasteiger partial charge is 0.481 e. The molecule has 0 heterocycles. The highest BCUT2D eigenvalue weighted by atomic mass is 16.4. The van der Waals surface area contributed by atoms with Crippen molar-refractivity contribution in [3.05, 3.63) is 0 Å². The van der Waals surface area contributed by atoms with Gasteiger partial charge in [0.2, 0.25) is 17.7 Å². The van der Waals surface area contributed by atoms with E-state index in [4.69, 9.17) is 26.2 Å². The highest BCUT2D eigenvalue weighted by molar-refractivity contribution is 5.95. The molecule has 0 saturated heterocycles. The Bertz CT molecular complexity index is 697. The van der Waals surface area contributed by atoms with E-state index in [9.17, 15) is 33.9 Å². The van der Waals surface area contributed by atoms with Gasteiger partial charge >= 0.3 is 17.9 Å². The van der Waals surface area contributed by atoms with Gasteiger partial charge in [-0.1, -0.05) is 0 Å². The first kappa shape index (κ1) is 27.7. The summed E-state index contributed by atoms with van der Waals surface area (Å²) in [5.41, 5.74) is 5.50. The number of hydrogen-bond acceptors (Lipinski definition) is 9. The predicted octanol–water partition coefficient (Wildman–Crippen LogP) is -4.43. The number of amides is 3. The van der Waals surface area contributed by atoms with Crippen LogP contribution >= 0.6 is 0 Å². The highest BCUT2D eigenvalue weighted by Crippen LogP contribution is 2.02. The fourth-order valence-electron chi connectivity index (χ4n) is 2.18. The average molecular weight is 450 g/mol. The monoisotopic (exact) mass is 450 g/mol. The molecular weight excluding hydrogens is 424 g/mol. The van der Waals surface area contributed by atoms with E-state index in [0.29, 0.717) is 0 Å². The lowest BCUT2D eigenvalue weighted by Crippen LogP contribution is -2.60. The molecule has 5 atom stereocenters. The van der Waals surface area contributed by atoms with E-state index in [1.54, 1.807) is 0 Å². The van der Waals surface area contributed by atoms with Crippen molar-refractivity contribution in [2.75, 3.05) is 6.61 Å². The zero-order valence-electron chi connectivity index (χ0n) is 16.5. The molecule has 0 aromatic rings. The standard InChI is InChI=1S/C16H26N4O11/c1-6(22)12(15(29)19-9(5-21)16(30)31)20-14(28)8(4-11(25)26)18-13(27)7(17)2-3-10(23)24/h6-9,12,21-22H,2-5,17H2,1H3,(H,18,27)(H,19,29)(H,20,28)(H,23,24)(H,25,26)(H,30,31). The molecule has 0 spiro atoms. The van der Waals surface area contributed by atoms with Crippen LogP contribution in [0.5, 0.6) is 0 Å². The first-order chi connectivity index (χ1) is 14.3. The molecular formula is C16H26N4O11. The van der Waals surface area contributed by atoms with E-state index < -0.39 is 85.3 Å². The number of rotatable bonds is 14. The Labute approximate surface area is 175 Å². The van der Waals surface area contributed by atoms with Gasteiger partial charge in [-0.05, 0) is 13.3 Å². The van der Waals surface area contributed by atoms with Crippen LogP contribution in [-0.4, -0.2) is 98.0 Å². The topological polar surface area (TPSA) is 266 Å². The SMILES string of the molecule is CC(O)C(NC(=O)C(CC(=O)O)NC(=O)C(N)CCC(=O)O)C(=O)NC(CO)C(=O)O. The number of carbonyl (C=O) groups excluding carboxylic acids is 3. The number of hydrogen-bond donors (Lipinski definition) is 9. The van der Waals surface area contributed by atoms with Crippen LogP contribution in [-0.2, 0) is 28.8 Å². The van der Waals surface area contributed by atoms with Gasteiger partial charge in [0.15, 0.2) is 0 Å². The van der Waals surface area contributed by atoms with Crippen LogP contribution in [0.15, 0.2) is 0 Å². The molecule has 15 heteroatoms. The summed E-state index contributed by atoms with van der Waals surface area (Å²) in [4.78, 5) is 69.1. The van der Waals surface area contributed by atoms with Gasteiger partial charge in [0, 0.05) is 6.42 Å². The van der Waals surface area contributed by atoms with E-state index >= 15 is 0 Å². The Morgan fingerprint density at radius 1 is 0.839 bits per heavy atom. The van der Waals surface area contributed by atoms with Crippen LogP contribution in [0.25, 0.3) is 0 Å². The predicted molar refractivity (Wildman–Crippen MR) is 99.3 cm³/mol. The lowest BCUT2D eigenvalue weighted by molar-refractivity contribution is -0.145. The van der Waals surface area contributed by atoms with Crippen LogP contribution in [0, 0.1) is 0 Å². The molecule has 5 unspecified atom stereocenters. The van der Waals surface area contributed by atoms with Crippen molar-refractivity contribution < 1.29 is 54.3 Å². The summed E-state index contributed by atoms with van der Waals surface area (Å²) < 4.78 is 0. The maximum atomic E-state index is 12.4. The summed E-state index contributed by atoms with van der Waals surface area (Å²) in [6.45, 7) is 0.0965. The zero-order valence-corrected chi connectivity index (χ0v) is 16.5. The van der Waals surface area contributed by atoms with Gasteiger partial charge in [0.25, 0.3) is 0 Å². The highest BCUT2D eigenvalue weighted by Gasteiger charge is 2.33. The smallest absolute Gasteiger partial charge is 0.328 e. The fraction of sp³-hybridized carbons (Fsp3) is 0.625. The van der Waals surface area contributed by atoms with Crippen molar-refractivity contribution in [3.63, 3.8) is 0 Å². The summed E-state index contributed by atoms with van der Waals surface area (Å²) in [5.74, 6) is -7.74. The van der Waals surface area contributed by atoms with Crippen LogP contribution in [0.4, 0.5) is 0 Å². The summed E-state index contributed by atoms with van der Waals surface area (Å²) in [5, 5.41) is 51.0. The summed E-state index contributed by atoms with van der Waals surface area (Å²) in [6, 6.07) is -6.60. The summed E-state index contributed by atoms with van der Waals surface area (Å²) in [6.07, 6.45) is -3.26. The Kier molecular flexibility index (Phi) is 11.7. The van der Waals surface area contributed by atoms with Crippen LogP contribution < -0.4 is 21.7 Å². The van der Waals surface area contributed by atoms with E-state index in [1.165, 1.54) is 0 Å². The molecule has 0 radical (unpaired) electrons.